The number of hydrogen-bond donors (Lipinski definition) is 1. The zero-order chi connectivity index (χ0) is 13.0. The maximum Gasteiger partial charge on any atom is 0.261 e. The van der Waals surface area contributed by atoms with E-state index in [1.54, 1.807) is 0 Å². The molecule has 0 spiro atoms. The monoisotopic (exact) mass is 266 g/mol. The van der Waals surface area contributed by atoms with E-state index >= 15 is 0 Å². The Morgan fingerprint density at radius 1 is 1.50 bits per heavy atom. The van der Waals surface area contributed by atoms with E-state index in [9.17, 15) is 4.79 Å². The Labute approximate surface area is 113 Å². The van der Waals surface area contributed by atoms with Crippen LogP contribution in [-0.4, -0.2) is 37.0 Å². The van der Waals surface area contributed by atoms with Crippen molar-refractivity contribution in [3.63, 3.8) is 0 Å². The van der Waals surface area contributed by atoms with Crippen molar-refractivity contribution in [2.75, 3.05) is 26.2 Å². The molecule has 100 valence electrons. The standard InChI is InChI=1S/C14H22N2OS/c1-11(10-16-6-3-4-7-16)9-15-14(17)13-12(2)5-8-18-13/h5,8,11H,3-4,6-7,9-10H2,1-2H3,(H,15,17). The number of rotatable bonds is 5. The first kappa shape index (κ1) is 13.6. The summed E-state index contributed by atoms with van der Waals surface area (Å²) in [6, 6.07) is 1.99. The van der Waals surface area contributed by atoms with Gasteiger partial charge in [-0.1, -0.05) is 6.92 Å². The molecule has 1 aliphatic heterocycles. The van der Waals surface area contributed by atoms with Crippen LogP contribution in [0, 0.1) is 12.8 Å². The van der Waals surface area contributed by atoms with Crippen LogP contribution < -0.4 is 5.32 Å². The molecule has 1 N–H and O–H groups in total. The number of nitrogens with one attached hydrogen (secondary N) is 1. The van der Waals surface area contributed by atoms with Gasteiger partial charge in [-0.05, 0) is 55.8 Å². The van der Waals surface area contributed by atoms with Gasteiger partial charge in [-0.2, -0.15) is 0 Å². The lowest BCUT2D eigenvalue weighted by molar-refractivity contribution is 0.0948. The molecule has 3 nitrogen and oxygen atoms in total. The van der Waals surface area contributed by atoms with E-state index in [4.69, 9.17) is 0 Å². The third-order valence-electron chi connectivity index (χ3n) is 3.45. The van der Waals surface area contributed by atoms with E-state index < -0.39 is 0 Å². The molecular weight excluding hydrogens is 244 g/mol. The molecule has 2 heterocycles. The van der Waals surface area contributed by atoms with Crippen LogP contribution in [0.4, 0.5) is 0 Å². The molecule has 0 bridgehead atoms. The van der Waals surface area contributed by atoms with Gasteiger partial charge in [0, 0.05) is 13.1 Å². The predicted octanol–water partition coefficient (Wildman–Crippen LogP) is 2.52. The molecule has 1 aromatic heterocycles. The summed E-state index contributed by atoms with van der Waals surface area (Å²) >= 11 is 1.52. The number of hydrogen-bond acceptors (Lipinski definition) is 3. The second kappa shape index (κ2) is 6.34. The number of thiophene rings is 1. The van der Waals surface area contributed by atoms with Gasteiger partial charge in [0.2, 0.25) is 0 Å². The summed E-state index contributed by atoms with van der Waals surface area (Å²) in [4.78, 5) is 15.3. The molecule has 2 rings (SSSR count). The summed E-state index contributed by atoms with van der Waals surface area (Å²) in [5, 5.41) is 5.01. The fraction of sp³-hybridized carbons (Fsp3) is 0.643. The molecule has 0 saturated carbocycles. The van der Waals surface area contributed by atoms with Crippen LogP contribution in [-0.2, 0) is 0 Å². The van der Waals surface area contributed by atoms with Crippen LogP contribution in [0.5, 0.6) is 0 Å². The van der Waals surface area contributed by atoms with Crippen LogP contribution in [0.3, 0.4) is 0 Å². The summed E-state index contributed by atoms with van der Waals surface area (Å²) in [5.74, 6) is 0.600. The van der Waals surface area contributed by atoms with E-state index in [1.807, 2.05) is 18.4 Å². The molecule has 1 unspecified atom stereocenters. The molecule has 1 aromatic rings. The van der Waals surface area contributed by atoms with Crippen molar-refractivity contribution in [1.29, 1.82) is 0 Å². The third-order valence-corrected chi connectivity index (χ3v) is 4.46. The molecule has 1 saturated heterocycles. The van der Waals surface area contributed by atoms with Gasteiger partial charge in [0.25, 0.3) is 5.91 Å². The van der Waals surface area contributed by atoms with Crippen molar-refractivity contribution in [1.82, 2.24) is 10.2 Å². The number of carbonyl (C=O) groups excluding carboxylic acids is 1. The van der Waals surface area contributed by atoms with Gasteiger partial charge in [0.05, 0.1) is 4.88 Å². The molecule has 1 atom stereocenters. The highest BCUT2D eigenvalue weighted by Crippen LogP contribution is 2.15. The van der Waals surface area contributed by atoms with E-state index in [-0.39, 0.29) is 5.91 Å². The summed E-state index contributed by atoms with van der Waals surface area (Å²) < 4.78 is 0. The maximum atomic E-state index is 12.0. The van der Waals surface area contributed by atoms with Crippen LogP contribution in [0.2, 0.25) is 0 Å². The van der Waals surface area contributed by atoms with Crippen molar-refractivity contribution in [3.05, 3.63) is 21.9 Å². The Hall–Kier alpha value is -0.870. The minimum absolute atomic E-state index is 0.0794. The normalized spacial score (nSPS) is 17.9. The minimum atomic E-state index is 0.0794. The smallest absolute Gasteiger partial charge is 0.261 e. The first-order chi connectivity index (χ1) is 8.66. The lowest BCUT2D eigenvalue weighted by atomic mass is 10.1. The summed E-state index contributed by atoms with van der Waals surface area (Å²) in [6.45, 7) is 8.51. The van der Waals surface area contributed by atoms with Gasteiger partial charge in [0.15, 0.2) is 0 Å². The number of amides is 1. The lowest BCUT2D eigenvalue weighted by Crippen LogP contribution is -2.34. The van der Waals surface area contributed by atoms with Gasteiger partial charge in [-0.3, -0.25) is 4.79 Å². The van der Waals surface area contributed by atoms with E-state index in [0.717, 1.165) is 23.5 Å². The largest absolute Gasteiger partial charge is 0.351 e. The van der Waals surface area contributed by atoms with Crippen molar-refractivity contribution < 1.29 is 4.79 Å². The Morgan fingerprint density at radius 3 is 2.83 bits per heavy atom. The molecule has 0 aliphatic carbocycles. The number of likely N-dealkylation sites (tertiary alicyclic amines) is 1. The topological polar surface area (TPSA) is 32.3 Å². The molecule has 1 aliphatic rings. The Morgan fingerprint density at radius 2 is 2.22 bits per heavy atom. The Bertz CT molecular complexity index is 396. The zero-order valence-corrected chi connectivity index (χ0v) is 12.1. The SMILES string of the molecule is Cc1ccsc1C(=O)NCC(C)CN1CCCC1. The molecule has 0 radical (unpaired) electrons. The Balaban J connectivity index is 1.73. The minimum Gasteiger partial charge on any atom is -0.351 e. The highest BCUT2D eigenvalue weighted by molar-refractivity contribution is 7.12. The summed E-state index contributed by atoms with van der Waals surface area (Å²) in [7, 11) is 0. The van der Waals surface area contributed by atoms with Gasteiger partial charge >= 0.3 is 0 Å². The second-order valence-corrected chi connectivity index (χ2v) is 6.17. The molecular formula is C14H22N2OS. The van der Waals surface area contributed by atoms with Crippen molar-refractivity contribution >= 4 is 17.2 Å². The summed E-state index contributed by atoms with van der Waals surface area (Å²) in [5.41, 5.74) is 1.07. The molecule has 4 heteroatoms. The zero-order valence-electron chi connectivity index (χ0n) is 11.2. The van der Waals surface area contributed by atoms with Crippen LogP contribution >= 0.6 is 11.3 Å². The quantitative estimate of drug-likeness (QED) is 0.888. The van der Waals surface area contributed by atoms with Crippen molar-refractivity contribution in [2.24, 2.45) is 5.92 Å². The number of aryl methyl sites for hydroxylation is 1. The molecule has 0 aromatic carbocycles. The van der Waals surface area contributed by atoms with Crippen molar-refractivity contribution in [3.8, 4) is 0 Å². The van der Waals surface area contributed by atoms with E-state index in [1.165, 1.54) is 37.3 Å². The van der Waals surface area contributed by atoms with Gasteiger partial charge in [-0.25, -0.2) is 0 Å². The fourth-order valence-electron chi connectivity index (χ4n) is 2.42. The van der Waals surface area contributed by atoms with Gasteiger partial charge < -0.3 is 10.2 Å². The maximum absolute atomic E-state index is 12.0. The second-order valence-electron chi connectivity index (χ2n) is 5.26. The average molecular weight is 266 g/mol. The van der Waals surface area contributed by atoms with Gasteiger partial charge in [-0.15, -0.1) is 11.3 Å². The third kappa shape index (κ3) is 3.56. The molecule has 1 amide bonds. The van der Waals surface area contributed by atoms with Crippen LogP contribution in [0.1, 0.15) is 35.0 Å². The lowest BCUT2D eigenvalue weighted by Gasteiger charge is -2.20. The summed E-state index contributed by atoms with van der Waals surface area (Å²) in [6.07, 6.45) is 2.65. The first-order valence-corrected chi connectivity index (χ1v) is 7.59. The first-order valence-electron chi connectivity index (χ1n) is 6.71. The van der Waals surface area contributed by atoms with Gasteiger partial charge in [0.1, 0.15) is 0 Å². The van der Waals surface area contributed by atoms with E-state index in [0.29, 0.717) is 5.92 Å². The number of nitrogens with zero attached hydrogens (tertiary/aromatic N) is 1. The molecule has 18 heavy (non-hydrogen) atoms. The number of carbonyl (C=O) groups is 1. The van der Waals surface area contributed by atoms with Crippen LogP contribution in [0.25, 0.3) is 0 Å². The van der Waals surface area contributed by atoms with Crippen LogP contribution in [0.15, 0.2) is 11.4 Å². The predicted molar refractivity (Wildman–Crippen MR) is 76.2 cm³/mol. The van der Waals surface area contributed by atoms with Crippen molar-refractivity contribution in [2.45, 2.75) is 26.7 Å². The highest BCUT2D eigenvalue weighted by Gasteiger charge is 2.16. The average Bonchev–Trinajstić information content (AvgIpc) is 2.97. The van der Waals surface area contributed by atoms with E-state index in [2.05, 4.69) is 17.1 Å². The fourth-order valence-corrected chi connectivity index (χ4v) is 3.26. The highest BCUT2D eigenvalue weighted by atomic mass is 32.1. The molecule has 1 fully saturated rings. The Kier molecular flexibility index (Phi) is 4.78.